The molecule has 0 saturated carbocycles. The van der Waals surface area contributed by atoms with Crippen molar-refractivity contribution in [1.82, 2.24) is 14.8 Å². The van der Waals surface area contributed by atoms with Crippen LogP contribution in [-0.4, -0.2) is 41.6 Å². The van der Waals surface area contributed by atoms with E-state index in [-0.39, 0.29) is 18.0 Å². The lowest BCUT2D eigenvalue weighted by Crippen LogP contribution is -2.38. The molecule has 1 fully saturated rings. The molecule has 1 saturated heterocycles. The van der Waals surface area contributed by atoms with Crippen molar-refractivity contribution < 1.29 is 18.0 Å². The minimum Gasteiger partial charge on any atom is -0.463 e. The van der Waals surface area contributed by atoms with Crippen LogP contribution in [0.4, 0.5) is 8.78 Å². The number of carbonyl (C=O) groups excluding carboxylic acids is 1. The van der Waals surface area contributed by atoms with Gasteiger partial charge in [-0.3, -0.25) is 4.79 Å². The Labute approximate surface area is 161 Å². The molecule has 2 aromatic heterocycles. The molecular formula is C21H23F2N3O2. The number of aromatic nitrogens is 1. The van der Waals surface area contributed by atoms with Crippen LogP contribution in [-0.2, 0) is 6.54 Å². The summed E-state index contributed by atoms with van der Waals surface area (Å²) >= 11 is 0. The lowest BCUT2D eigenvalue weighted by atomic mass is 10.1. The maximum atomic E-state index is 14.1. The van der Waals surface area contributed by atoms with Crippen molar-refractivity contribution in [3.8, 4) is 0 Å². The first kappa shape index (κ1) is 18.7. The van der Waals surface area contributed by atoms with Gasteiger partial charge in [-0.05, 0) is 32.0 Å². The lowest BCUT2D eigenvalue weighted by molar-refractivity contribution is 0.0938. The Morgan fingerprint density at radius 1 is 1.14 bits per heavy atom. The Bertz CT molecular complexity index is 973. The molecule has 1 N–H and O–H groups in total. The first-order valence-electron chi connectivity index (χ1n) is 9.63. The van der Waals surface area contributed by atoms with Crippen LogP contribution in [0.3, 0.4) is 0 Å². The highest BCUT2D eigenvalue weighted by Crippen LogP contribution is 2.24. The second-order valence-corrected chi connectivity index (χ2v) is 7.16. The first-order valence-corrected chi connectivity index (χ1v) is 9.63. The van der Waals surface area contributed by atoms with Crippen LogP contribution in [0.5, 0.6) is 0 Å². The zero-order chi connectivity index (χ0) is 19.5. The Kier molecular flexibility index (Phi) is 5.43. The van der Waals surface area contributed by atoms with E-state index in [0.29, 0.717) is 23.3 Å². The van der Waals surface area contributed by atoms with E-state index in [4.69, 9.17) is 4.42 Å². The second kappa shape index (κ2) is 8.14. The van der Waals surface area contributed by atoms with Gasteiger partial charge in [-0.1, -0.05) is 18.6 Å². The average molecular weight is 387 g/mol. The number of amides is 1. The fourth-order valence-corrected chi connectivity index (χ4v) is 3.78. The topological polar surface area (TPSA) is 50.4 Å². The molecular weight excluding hydrogens is 364 g/mol. The molecule has 1 amide bonds. The normalized spacial score (nSPS) is 15.2. The summed E-state index contributed by atoms with van der Waals surface area (Å²) in [7, 11) is 0. The van der Waals surface area contributed by atoms with Crippen LogP contribution < -0.4 is 5.32 Å². The molecule has 0 atom stereocenters. The standard InChI is InChI=1S/C21H23F2N3O2/c22-16-6-4-5-15(20(16)23)14-26-17-7-12-28-19(17)13-18(26)21(27)24-8-11-25-9-2-1-3-10-25/h4-7,12-13H,1-3,8-11,14H2,(H,24,27). The van der Waals surface area contributed by atoms with E-state index >= 15 is 0 Å². The smallest absolute Gasteiger partial charge is 0.268 e. The van der Waals surface area contributed by atoms with E-state index in [1.54, 1.807) is 16.7 Å². The molecule has 0 bridgehead atoms. The zero-order valence-corrected chi connectivity index (χ0v) is 15.6. The number of nitrogens with zero attached hydrogens (tertiary/aromatic N) is 2. The Morgan fingerprint density at radius 2 is 1.96 bits per heavy atom. The molecule has 0 aliphatic carbocycles. The maximum absolute atomic E-state index is 14.1. The number of likely N-dealkylation sites (tertiary alicyclic amines) is 1. The number of halogens is 2. The third-order valence-corrected chi connectivity index (χ3v) is 5.28. The van der Waals surface area contributed by atoms with Gasteiger partial charge in [0.15, 0.2) is 17.2 Å². The van der Waals surface area contributed by atoms with Crippen LogP contribution >= 0.6 is 0 Å². The summed E-state index contributed by atoms with van der Waals surface area (Å²) < 4.78 is 34.8. The van der Waals surface area contributed by atoms with Gasteiger partial charge >= 0.3 is 0 Å². The van der Waals surface area contributed by atoms with Gasteiger partial charge in [-0.15, -0.1) is 0 Å². The van der Waals surface area contributed by atoms with Crippen LogP contribution in [0.2, 0.25) is 0 Å². The third kappa shape index (κ3) is 3.80. The molecule has 3 aromatic rings. The van der Waals surface area contributed by atoms with Crippen LogP contribution in [0, 0.1) is 11.6 Å². The monoisotopic (exact) mass is 387 g/mol. The summed E-state index contributed by atoms with van der Waals surface area (Å²) in [5, 5.41) is 2.94. The number of furan rings is 1. The third-order valence-electron chi connectivity index (χ3n) is 5.28. The largest absolute Gasteiger partial charge is 0.463 e. The Balaban J connectivity index is 1.51. The van der Waals surface area contributed by atoms with Crippen molar-refractivity contribution >= 4 is 17.0 Å². The van der Waals surface area contributed by atoms with Crippen LogP contribution in [0.15, 0.2) is 41.0 Å². The van der Waals surface area contributed by atoms with E-state index < -0.39 is 11.6 Å². The van der Waals surface area contributed by atoms with Gasteiger partial charge in [0.1, 0.15) is 5.69 Å². The predicted molar refractivity (Wildman–Crippen MR) is 102 cm³/mol. The van der Waals surface area contributed by atoms with E-state index in [0.717, 1.165) is 25.7 Å². The van der Waals surface area contributed by atoms with Crippen LogP contribution in [0.1, 0.15) is 35.3 Å². The molecule has 1 aromatic carbocycles. The molecule has 1 aliphatic rings. The van der Waals surface area contributed by atoms with Gasteiger partial charge < -0.3 is 19.2 Å². The number of carbonyl (C=O) groups is 1. The fourth-order valence-electron chi connectivity index (χ4n) is 3.78. The van der Waals surface area contributed by atoms with Gasteiger partial charge in [-0.2, -0.15) is 0 Å². The highest BCUT2D eigenvalue weighted by molar-refractivity contribution is 5.97. The highest BCUT2D eigenvalue weighted by Gasteiger charge is 2.19. The number of rotatable bonds is 6. The summed E-state index contributed by atoms with van der Waals surface area (Å²) in [4.78, 5) is 15.1. The molecule has 1 aliphatic heterocycles. The average Bonchev–Trinajstić information content (AvgIpc) is 3.29. The van der Waals surface area contributed by atoms with Gasteiger partial charge in [0.25, 0.3) is 5.91 Å². The molecule has 0 radical (unpaired) electrons. The summed E-state index contributed by atoms with van der Waals surface area (Å²) in [6.45, 7) is 3.53. The van der Waals surface area contributed by atoms with Crippen molar-refractivity contribution in [3.05, 3.63) is 59.5 Å². The van der Waals surface area contributed by atoms with Crippen molar-refractivity contribution in [2.24, 2.45) is 0 Å². The molecule has 28 heavy (non-hydrogen) atoms. The zero-order valence-electron chi connectivity index (χ0n) is 15.6. The fraction of sp³-hybridized carbons (Fsp3) is 0.381. The van der Waals surface area contributed by atoms with Gasteiger partial charge in [0.2, 0.25) is 0 Å². The summed E-state index contributed by atoms with van der Waals surface area (Å²) in [6.07, 6.45) is 5.19. The highest BCUT2D eigenvalue weighted by atomic mass is 19.2. The van der Waals surface area contributed by atoms with Crippen LogP contribution in [0.25, 0.3) is 11.1 Å². The van der Waals surface area contributed by atoms with Gasteiger partial charge in [0.05, 0.1) is 18.3 Å². The molecule has 0 unspecified atom stereocenters. The quantitative estimate of drug-likeness (QED) is 0.700. The predicted octanol–water partition coefficient (Wildman–Crippen LogP) is 3.78. The minimum atomic E-state index is -0.902. The number of hydrogen-bond donors (Lipinski definition) is 1. The molecule has 0 spiro atoms. The van der Waals surface area contributed by atoms with Crippen molar-refractivity contribution in [1.29, 1.82) is 0 Å². The van der Waals surface area contributed by atoms with Crippen molar-refractivity contribution in [2.45, 2.75) is 25.8 Å². The minimum absolute atomic E-state index is 0.0432. The second-order valence-electron chi connectivity index (χ2n) is 7.16. The maximum Gasteiger partial charge on any atom is 0.268 e. The van der Waals surface area contributed by atoms with Gasteiger partial charge in [0, 0.05) is 30.8 Å². The molecule has 148 valence electrons. The van der Waals surface area contributed by atoms with E-state index in [9.17, 15) is 13.6 Å². The van der Waals surface area contributed by atoms with E-state index in [1.807, 2.05) is 0 Å². The van der Waals surface area contributed by atoms with Crippen molar-refractivity contribution in [2.75, 3.05) is 26.2 Å². The van der Waals surface area contributed by atoms with E-state index in [2.05, 4.69) is 10.2 Å². The summed E-state index contributed by atoms with van der Waals surface area (Å²) in [5.41, 5.74) is 1.76. The molecule has 7 heteroatoms. The Hall–Kier alpha value is -2.67. The van der Waals surface area contributed by atoms with E-state index in [1.165, 1.54) is 37.7 Å². The number of piperidine rings is 1. The van der Waals surface area contributed by atoms with Gasteiger partial charge in [-0.25, -0.2) is 8.78 Å². The molecule has 4 rings (SSSR count). The summed E-state index contributed by atoms with van der Waals surface area (Å²) in [5.74, 6) is -2.05. The lowest BCUT2D eigenvalue weighted by Gasteiger charge is -2.26. The number of hydrogen-bond acceptors (Lipinski definition) is 3. The Morgan fingerprint density at radius 3 is 2.79 bits per heavy atom. The number of nitrogens with one attached hydrogen (secondary N) is 1. The molecule has 5 nitrogen and oxygen atoms in total. The summed E-state index contributed by atoms with van der Waals surface area (Å²) in [6, 6.07) is 7.42. The number of benzene rings is 1. The SMILES string of the molecule is O=C(NCCN1CCCCC1)c1cc2occc2n1Cc1cccc(F)c1F. The first-order chi connectivity index (χ1) is 13.6. The molecule has 3 heterocycles. The number of fused-ring (bicyclic) bond motifs is 1. The van der Waals surface area contributed by atoms with Crippen molar-refractivity contribution in [3.63, 3.8) is 0 Å².